The van der Waals surface area contributed by atoms with Crippen molar-refractivity contribution < 1.29 is 13.2 Å². The topological polar surface area (TPSA) is 105 Å². The molecular formula is C19H18N4O3S. The molecule has 2 aromatic rings. The smallest absolute Gasteiger partial charge is 0.264 e. The molecule has 27 heavy (non-hydrogen) atoms. The lowest BCUT2D eigenvalue weighted by atomic mass is 10.2. The average molecular weight is 382 g/mol. The van der Waals surface area contributed by atoms with Crippen molar-refractivity contribution in [3.8, 4) is 12.1 Å². The maximum atomic E-state index is 12.7. The van der Waals surface area contributed by atoms with Crippen molar-refractivity contribution in [1.29, 1.82) is 10.5 Å². The highest BCUT2D eigenvalue weighted by Gasteiger charge is 2.22. The molecular weight excluding hydrogens is 364 g/mol. The van der Waals surface area contributed by atoms with Gasteiger partial charge in [-0.25, -0.2) is 8.42 Å². The van der Waals surface area contributed by atoms with Gasteiger partial charge in [-0.2, -0.15) is 10.5 Å². The van der Waals surface area contributed by atoms with Crippen molar-refractivity contribution in [3.05, 3.63) is 59.7 Å². The fourth-order valence-electron chi connectivity index (χ4n) is 2.37. The Morgan fingerprint density at radius 1 is 0.963 bits per heavy atom. The van der Waals surface area contributed by atoms with Gasteiger partial charge in [0.1, 0.15) is 13.1 Å². The third-order valence-electron chi connectivity index (χ3n) is 3.97. The summed E-state index contributed by atoms with van der Waals surface area (Å²) in [7, 11) is -2.29. The van der Waals surface area contributed by atoms with Crippen LogP contribution in [-0.2, 0) is 10.0 Å². The van der Waals surface area contributed by atoms with Gasteiger partial charge in [0, 0.05) is 12.6 Å². The van der Waals surface area contributed by atoms with Gasteiger partial charge in [-0.15, -0.1) is 0 Å². The van der Waals surface area contributed by atoms with Crippen molar-refractivity contribution in [2.75, 3.05) is 24.4 Å². The molecule has 0 aliphatic heterocycles. The summed E-state index contributed by atoms with van der Waals surface area (Å²) in [6.07, 6.45) is 0. The van der Waals surface area contributed by atoms with E-state index in [2.05, 4.69) is 0 Å². The summed E-state index contributed by atoms with van der Waals surface area (Å²) in [6, 6.07) is 16.2. The summed E-state index contributed by atoms with van der Waals surface area (Å²) in [5.74, 6) is -0.464. The number of benzene rings is 2. The molecule has 0 heterocycles. The fraction of sp³-hybridized carbons (Fsp3) is 0.211. The van der Waals surface area contributed by atoms with Crippen LogP contribution in [0.15, 0.2) is 53.4 Å². The Balaban J connectivity index is 2.26. The van der Waals surface area contributed by atoms with Crippen molar-refractivity contribution >= 4 is 21.6 Å². The molecule has 0 aliphatic rings. The Morgan fingerprint density at radius 2 is 1.48 bits per heavy atom. The molecule has 138 valence electrons. The lowest BCUT2D eigenvalue weighted by molar-refractivity contribution is 0.0794. The Hall–Kier alpha value is -3.36. The minimum absolute atomic E-state index is 0.171. The number of carbonyl (C=O) groups excluding carboxylic acids is 1. The summed E-state index contributed by atoms with van der Waals surface area (Å²) in [5, 5.41) is 17.5. The Kier molecular flexibility index (Phi) is 6.17. The first-order valence-corrected chi connectivity index (χ1v) is 9.44. The molecule has 0 bridgehead atoms. The summed E-state index contributed by atoms with van der Waals surface area (Å²) >= 11 is 0. The van der Waals surface area contributed by atoms with E-state index in [1.807, 2.05) is 19.1 Å². The SMILES string of the molecule is Cc1ccc(S(=O)(=O)N(C)c2ccc(C(=O)N(CC#N)CC#N)cc2)cc1. The number of anilines is 1. The summed E-state index contributed by atoms with van der Waals surface area (Å²) in [4.78, 5) is 13.6. The zero-order valence-corrected chi connectivity index (χ0v) is 15.8. The quantitative estimate of drug-likeness (QED) is 0.713. The summed E-state index contributed by atoms with van der Waals surface area (Å²) in [5.41, 5.74) is 1.61. The van der Waals surface area contributed by atoms with Crippen molar-refractivity contribution in [1.82, 2.24) is 4.90 Å². The van der Waals surface area contributed by atoms with Gasteiger partial charge >= 0.3 is 0 Å². The number of nitrogens with zero attached hydrogens (tertiary/aromatic N) is 4. The van der Waals surface area contributed by atoms with Crippen LogP contribution in [0.2, 0.25) is 0 Å². The second-order valence-corrected chi connectivity index (χ2v) is 7.78. The van der Waals surface area contributed by atoms with E-state index >= 15 is 0 Å². The number of rotatable bonds is 6. The van der Waals surface area contributed by atoms with Crippen molar-refractivity contribution in [2.24, 2.45) is 0 Å². The zero-order valence-electron chi connectivity index (χ0n) is 15.0. The van der Waals surface area contributed by atoms with Crippen molar-refractivity contribution in [3.63, 3.8) is 0 Å². The third kappa shape index (κ3) is 4.43. The second-order valence-electron chi connectivity index (χ2n) is 5.81. The van der Waals surface area contributed by atoms with Crippen LogP contribution < -0.4 is 4.31 Å². The van der Waals surface area contributed by atoms with Gasteiger partial charge in [0.15, 0.2) is 0 Å². The molecule has 0 unspecified atom stereocenters. The second kappa shape index (κ2) is 8.35. The van der Waals surface area contributed by atoms with Gasteiger partial charge < -0.3 is 4.90 Å². The number of hydrogen-bond acceptors (Lipinski definition) is 5. The summed E-state index contributed by atoms with van der Waals surface area (Å²) in [6.45, 7) is 1.48. The van der Waals surface area contributed by atoms with Crippen LogP contribution >= 0.6 is 0 Å². The molecule has 0 fully saturated rings. The van der Waals surface area contributed by atoms with Gasteiger partial charge in [-0.3, -0.25) is 9.10 Å². The van der Waals surface area contributed by atoms with Gasteiger partial charge in [-0.1, -0.05) is 17.7 Å². The van der Waals surface area contributed by atoms with Gasteiger partial charge in [0.2, 0.25) is 0 Å². The molecule has 0 saturated heterocycles. The molecule has 0 radical (unpaired) electrons. The summed E-state index contributed by atoms with van der Waals surface area (Å²) < 4.78 is 26.6. The van der Waals surface area contributed by atoms with Crippen LogP contribution in [0.25, 0.3) is 0 Å². The van der Waals surface area contributed by atoms with E-state index in [0.717, 1.165) is 14.8 Å². The number of carbonyl (C=O) groups is 1. The van der Waals surface area contributed by atoms with Crippen LogP contribution in [-0.4, -0.2) is 39.4 Å². The molecule has 0 aromatic heterocycles. The molecule has 7 nitrogen and oxygen atoms in total. The van der Waals surface area contributed by atoms with E-state index < -0.39 is 15.9 Å². The lowest BCUT2D eigenvalue weighted by Crippen LogP contribution is -2.32. The Bertz CT molecular complexity index is 985. The molecule has 0 aliphatic carbocycles. The first kappa shape index (κ1) is 20.0. The van der Waals surface area contributed by atoms with E-state index in [-0.39, 0.29) is 23.5 Å². The predicted octanol–water partition coefficient (Wildman–Crippen LogP) is 2.31. The maximum absolute atomic E-state index is 12.7. The minimum atomic E-state index is -3.72. The highest BCUT2D eigenvalue weighted by Crippen LogP contribution is 2.23. The van der Waals surface area contributed by atoms with E-state index in [0.29, 0.717) is 5.69 Å². The zero-order chi connectivity index (χ0) is 20.0. The highest BCUT2D eigenvalue weighted by atomic mass is 32.2. The van der Waals surface area contributed by atoms with Gasteiger partial charge in [0.05, 0.1) is 22.7 Å². The fourth-order valence-corrected chi connectivity index (χ4v) is 3.57. The molecule has 2 rings (SSSR count). The van der Waals surface area contributed by atoms with E-state index in [1.165, 1.54) is 31.3 Å². The Morgan fingerprint density at radius 3 is 1.96 bits per heavy atom. The number of aryl methyl sites for hydroxylation is 1. The predicted molar refractivity (Wildman–Crippen MR) is 100 cm³/mol. The van der Waals surface area contributed by atoms with Gasteiger partial charge in [0.25, 0.3) is 15.9 Å². The first-order valence-electron chi connectivity index (χ1n) is 8.00. The van der Waals surface area contributed by atoms with Crippen LogP contribution in [0.4, 0.5) is 5.69 Å². The highest BCUT2D eigenvalue weighted by molar-refractivity contribution is 7.92. The number of amides is 1. The van der Waals surface area contributed by atoms with E-state index in [1.54, 1.807) is 24.3 Å². The molecule has 1 amide bonds. The van der Waals surface area contributed by atoms with Crippen molar-refractivity contribution in [2.45, 2.75) is 11.8 Å². The van der Waals surface area contributed by atoms with E-state index in [9.17, 15) is 13.2 Å². The van der Waals surface area contributed by atoms with Crippen LogP contribution in [0.1, 0.15) is 15.9 Å². The first-order chi connectivity index (χ1) is 12.8. The maximum Gasteiger partial charge on any atom is 0.264 e. The molecule has 2 aromatic carbocycles. The molecule has 0 atom stereocenters. The molecule has 0 saturated carbocycles. The number of hydrogen-bond donors (Lipinski definition) is 0. The van der Waals surface area contributed by atoms with Crippen LogP contribution in [0, 0.1) is 29.6 Å². The van der Waals surface area contributed by atoms with Crippen LogP contribution in [0.5, 0.6) is 0 Å². The molecule has 0 spiro atoms. The largest absolute Gasteiger partial charge is 0.312 e. The number of sulfonamides is 1. The van der Waals surface area contributed by atoms with Gasteiger partial charge in [-0.05, 0) is 43.3 Å². The van der Waals surface area contributed by atoms with E-state index in [4.69, 9.17) is 10.5 Å². The third-order valence-corrected chi connectivity index (χ3v) is 5.77. The standard InChI is InChI=1S/C19H18N4O3S/c1-15-3-9-18(10-4-15)27(25,26)22(2)17-7-5-16(6-8-17)19(24)23(13-11-20)14-12-21/h3-10H,13-14H2,1-2H3. The molecule has 0 N–H and O–H groups in total. The monoisotopic (exact) mass is 382 g/mol. The Labute approximate surface area is 158 Å². The minimum Gasteiger partial charge on any atom is -0.312 e. The molecule has 8 heteroatoms. The normalized spacial score (nSPS) is 10.5. The lowest BCUT2D eigenvalue weighted by Gasteiger charge is -2.20. The average Bonchev–Trinajstić information content (AvgIpc) is 2.67. The van der Waals surface area contributed by atoms with Crippen LogP contribution in [0.3, 0.4) is 0 Å². The number of nitriles is 2.